The lowest BCUT2D eigenvalue weighted by Gasteiger charge is -2.37. The van der Waals surface area contributed by atoms with Crippen LogP contribution in [0.1, 0.15) is 111 Å². The van der Waals surface area contributed by atoms with Crippen molar-refractivity contribution in [2.75, 3.05) is 6.61 Å². The van der Waals surface area contributed by atoms with Crippen molar-refractivity contribution >= 4 is 17.8 Å². The topological polar surface area (TPSA) is 195 Å². The second-order valence-electron chi connectivity index (χ2n) is 22.6. The van der Waals surface area contributed by atoms with Crippen LogP contribution in [-0.2, 0) is 37.0 Å². The molecule has 2 amide bonds. The molecule has 3 N–H and O–H groups in total. The maximum atomic E-state index is 14.4. The van der Waals surface area contributed by atoms with Crippen molar-refractivity contribution in [3.05, 3.63) is 191 Å². The first-order valence-corrected chi connectivity index (χ1v) is 32.2. The Morgan fingerprint density at radius 3 is 1.03 bits per heavy atom. The zero-order valence-electron chi connectivity index (χ0n) is 59.6. The number of oxazole rings is 2. The van der Waals surface area contributed by atoms with E-state index in [1.807, 2.05) is 140 Å². The number of Topliss-reactive ketones (excluding diaryl/α,β-unsaturated/α-hetero) is 1. The van der Waals surface area contributed by atoms with Gasteiger partial charge in [-0.25, -0.2) is 19.7 Å². The van der Waals surface area contributed by atoms with Crippen molar-refractivity contribution < 1.29 is 52.7 Å². The largest absolute Gasteiger partial charge is 0.446 e. The van der Waals surface area contributed by atoms with E-state index in [9.17, 15) is 29.7 Å². The molecule has 7 aromatic rings. The minimum absolute atomic E-state index is 0.00741. The number of aromatic nitrogens is 2. The number of ether oxygens (including phenoxy) is 3. The average molecular weight is 1390 g/mol. The van der Waals surface area contributed by atoms with E-state index < -0.39 is 59.4 Å². The maximum absolute atomic E-state index is 14.4. The number of imide groups is 1. The number of rotatable bonds is 16. The molecule has 8 rings (SSSR count). The molecular formula is C92H65N3O11. The highest BCUT2D eigenvalue weighted by molar-refractivity contribution is 5.99. The van der Waals surface area contributed by atoms with Crippen molar-refractivity contribution in [1.82, 2.24) is 14.9 Å². The lowest BCUT2D eigenvalue weighted by molar-refractivity contribution is -0.175. The molecule has 514 valence electrons. The molecule has 0 bridgehead atoms. The normalized spacial score (nSPS) is 12.4. The Morgan fingerprint density at radius 2 is 0.736 bits per heavy atom. The number of ketones is 1. The average Bonchev–Trinajstić information content (AvgIpc) is 1.53. The summed E-state index contributed by atoms with van der Waals surface area (Å²) in [4.78, 5) is 49.7. The molecule has 0 aliphatic carbocycles. The number of carbonyl (C=O) groups excluding carboxylic acids is 3. The number of aliphatic hydroxyl groups excluding tert-OH is 3. The van der Waals surface area contributed by atoms with Gasteiger partial charge in [-0.05, 0) is 189 Å². The Kier molecular flexibility index (Phi) is 32.3. The van der Waals surface area contributed by atoms with Crippen LogP contribution in [0.2, 0.25) is 0 Å². The zero-order valence-corrected chi connectivity index (χ0v) is 59.6. The molecule has 1 fully saturated rings. The van der Waals surface area contributed by atoms with Gasteiger partial charge in [-0.3, -0.25) is 9.59 Å². The first-order chi connectivity index (χ1) is 51.3. The summed E-state index contributed by atoms with van der Waals surface area (Å²) < 4.78 is 28.7. The van der Waals surface area contributed by atoms with Gasteiger partial charge in [-0.15, -0.1) is 0 Å². The van der Waals surface area contributed by atoms with Gasteiger partial charge in [0, 0.05) is 109 Å². The van der Waals surface area contributed by atoms with E-state index in [2.05, 4.69) is 211 Å². The van der Waals surface area contributed by atoms with Crippen molar-refractivity contribution in [2.45, 2.75) is 118 Å². The lowest BCUT2D eigenvalue weighted by Crippen LogP contribution is -2.54. The number of benzene rings is 5. The summed E-state index contributed by atoms with van der Waals surface area (Å²) in [6.45, 7) is 15.8. The molecular weight excluding hydrogens is 1320 g/mol. The third-order valence-corrected chi connectivity index (χ3v) is 14.7. The van der Waals surface area contributed by atoms with Crippen LogP contribution < -0.4 is 0 Å². The minimum atomic E-state index is -1.92. The fraction of sp³-hybridized carbons (Fsp3) is 0.207. The van der Waals surface area contributed by atoms with Gasteiger partial charge in [0.05, 0.1) is 13.2 Å². The number of hydrogen-bond donors (Lipinski definition) is 3. The molecule has 14 nitrogen and oxygen atoms in total. The van der Waals surface area contributed by atoms with Crippen molar-refractivity contribution in [2.24, 2.45) is 0 Å². The number of aliphatic hydroxyl groups is 3. The summed E-state index contributed by atoms with van der Waals surface area (Å²) in [5.74, 6) is 85.7. The van der Waals surface area contributed by atoms with Crippen molar-refractivity contribution in [3.63, 3.8) is 0 Å². The number of amides is 2. The lowest BCUT2D eigenvalue weighted by atomic mass is 9.88. The molecule has 5 aromatic carbocycles. The molecule has 1 saturated heterocycles. The Morgan fingerprint density at radius 1 is 0.453 bits per heavy atom. The minimum Gasteiger partial charge on any atom is -0.446 e. The van der Waals surface area contributed by atoms with Crippen molar-refractivity contribution in [3.8, 4) is 224 Å². The third kappa shape index (κ3) is 25.0. The van der Waals surface area contributed by atoms with Crippen molar-refractivity contribution in [1.29, 1.82) is 0 Å². The van der Waals surface area contributed by atoms with E-state index in [0.29, 0.717) is 23.3 Å². The first-order valence-electron chi connectivity index (χ1n) is 32.2. The van der Waals surface area contributed by atoms with Crippen LogP contribution in [0.5, 0.6) is 0 Å². The Balaban J connectivity index is 0.000000253. The SMILES string of the molecule is CC#CC#CC#CC#CC#CC#CC#CC#CC#CC#CC#CC#CC#CC#CC#CC#CC#CC.Cc1nc([C@H](O)[C@](C)(OCc2ccc(-c3ccccc3)cc2)C(=O)CO)c(C)o1.Cc1nc([C@H](O)[C@](C)(OCc2ccc(-c3ccccc3)cc2)C(=O)N2C(=O)OC(C)(C)[C@@H]2c2ccccc2)c(C)o1. The van der Waals surface area contributed by atoms with E-state index in [-0.39, 0.29) is 24.6 Å². The fourth-order valence-electron chi connectivity index (χ4n) is 9.59. The molecule has 1 aliphatic heterocycles. The summed E-state index contributed by atoms with van der Waals surface area (Å²) in [5.41, 5.74) is 2.42. The van der Waals surface area contributed by atoms with Crippen LogP contribution in [0.3, 0.4) is 0 Å². The first kappa shape index (κ1) is 80.4. The molecule has 5 atom stereocenters. The summed E-state index contributed by atoms with van der Waals surface area (Å²) in [6.07, 6.45) is -3.72. The standard InChI is InChI=1S/C36H6.C33H34N2O6.C23H25NO5/c1-3-5-7-9-11-13-15-17-19-21-23-25-27-29-31-33-35-36-34-32-30-28-26-24-22-20-18-16-14-12-10-8-6-4-2;1-21-27(34-22(2)40-21)29(36)33(5,39-20-23-16-18-25(19-17-23)24-12-8-6-9-13-24)30(37)35-28(26-14-10-7-11-15-26)32(3,4)41-31(35)38;1-15-21(24-16(2)29-15)22(27)23(3,20(26)13-25)28-14-17-9-11-19(12-10-17)18-7-5-4-6-8-18/h1-2H3;6-19,28-29,36H,20H2,1-5H3;4-12,22,25,27H,13-14H2,1-3H3/t;28-,29-,33-;22-,23+/m.00/s1. The van der Waals surface area contributed by atoms with Gasteiger partial charge in [-0.2, -0.15) is 0 Å². The van der Waals surface area contributed by atoms with Crippen LogP contribution in [0, 0.1) is 229 Å². The zero-order chi connectivity index (χ0) is 76.4. The van der Waals surface area contributed by atoms with Crippen LogP contribution in [0.15, 0.2) is 148 Å². The highest BCUT2D eigenvalue weighted by Crippen LogP contribution is 2.45. The van der Waals surface area contributed by atoms with Crippen LogP contribution in [0.4, 0.5) is 4.79 Å². The Labute approximate surface area is 620 Å². The van der Waals surface area contributed by atoms with E-state index in [1.165, 1.54) is 13.8 Å². The van der Waals surface area contributed by atoms with Gasteiger partial charge in [0.2, 0.25) is 0 Å². The Bertz CT molecular complexity index is 5410. The molecule has 0 radical (unpaired) electrons. The highest BCUT2D eigenvalue weighted by atomic mass is 16.6. The molecule has 1 aliphatic rings. The van der Waals surface area contributed by atoms with Crippen LogP contribution >= 0.6 is 0 Å². The molecule has 0 unspecified atom stereocenters. The fourth-order valence-corrected chi connectivity index (χ4v) is 9.59. The van der Waals surface area contributed by atoms with E-state index >= 15 is 0 Å². The monoisotopic (exact) mass is 1390 g/mol. The quantitative estimate of drug-likeness (QED) is 0.0774. The van der Waals surface area contributed by atoms with Crippen LogP contribution in [0.25, 0.3) is 22.3 Å². The predicted molar refractivity (Wildman–Crippen MR) is 404 cm³/mol. The molecule has 0 spiro atoms. The maximum Gasteiger partial charge on any atom is 0.417 e. The summed E-state index contributed by atoms with van der Waals surface area (Å²) in [5, 5.41) is 31.9. The van der Waals surface area contributed by atoms with Gasteiger partial charge in [-0.1, -0.05) is 151 Å². The molecule has 0 saturated carbocycles. The van der Waals surface area contributed by atoms with Gasteiger partial charge in [0.25, 0.3) is 5.91 Å². The van der Waals surface area contributed by atoms with Gasteiger partial charge in [0.1, 0.15) is 53.4 Å². The van der Waals surface area contributed by atoms with E-state index in [1.54, 1.807) is 55.4 Å². The smallest absolute Gasteiger partial charge is 0.417 e. The van der Waals surface area contributed by atoms with Crippen LogP contribution in [-0.4, -0.2) is 71.4 Å². The summed E-state index contributed by atoms with van der Waals surface area (Å²) >= 11 is 0. The second-order valence-corrected chi connectivity index (χ2v) is 22.6. The number of cyclic esters (lactones) is 1. The highest BCUT2D eigenvalue weighted by Gasteiger charge is 2.58. The van der Waals surface area contributed by atoms with Gasteiger partial charge >= 0.3 is 6.09 Å². The Hall–Kier alpha value is -14.6. The third-order valence-electron chi connectivity index (χ3n) is 14.7. The number of nitrogens with zero attached hydrogens (tertiary/aromatic N) is 3. The molecule has 3 heterocycles. The predicted octanol–water partition coefficient (Wildman–Crippen LogP) is 11.1. The molecule has 106 heavy (non-hydrogen) atoms. The number of carbonyl (C=O) groups is 3. The number of aryl methyl sites for hydroxylation is 4. The van der Waals surface area contributed by atoms with E-state index in [0.717, 1.165) is 43.8 Å². The van der Waals surface area contributed by atoms with Gasteiger partial charge < -0.3 is 38.4 Å². The second kappa shape index (κ2) is 42.5. The summed E-state index contributed by atoms with van der Waals surface area (Å²) in [6, 6.07) is 43.9. The molecule has 14 heteroatoms. The molecule has 2 aromatic heterocycles. The van der Waals surface area contributed by atoms with Gasteiger partial charge in [0.15, 0.2) is 28.8 Å². The van der Waals surface area contributed by atoms with E-state index in [4.69, 9.17) is 23.0 Å². The summed E-state index contributed by atoms with van der Waals surface area (Å²) in [7, 11) is 0. The number of hydrogen-bond acceptors (Lipinski definition) is 13.